The van der Waals surface area contributed by atoms with E-state index >= 15 is 0 Å². The summed E-state index contributed by atoms with van der Waals surface area (Å²) in [7, 11) is 3.85. The Balaban J connectivity index is 1.55. The van der Waals surface area contributed by atoms with Crippen molar-refractivity contribution in [3.8, 4) is 11.5 Å². The molecular formula is C23H39N3O3. The second kappa shape index (κ2) is 11.7. The van der Waals surface area contributed by atoms with Gasteiger partial charge in [0.2, 0.25) is 0 Å². The third kappa shape index (κ3) is 7.45. The molecule has 1 atom stereocenters. The van der Waals surface area contributed by atoms with Crippen LogP contribution in [0.15, 0.2) is 18.2 Å². The predicted molar refractivity (Wildman–Crippen MR) is 117 cm³/mol. The summed E-state index contributed by atoms with van der Waals surface area (Å²) in [6.45, 7) is 8.39. The monoisotopic (exact) mass is 405 g/mol. The molecule has 2 aliphatic rings. The van der Waals surface area contributed by atoms with E-state index in [0.29, 0.717) is 13.2 Å². The normalized spacial score (nSPS) is 21.3. The van der Waals surface area contributed by atoms with Gasteiger partial charge in [0, 0.05) is 50.9 Å². The highest BCUT2D eigenvalue weighted by molar-refractivity contribution is 5.40. The molecule has 1 unspecified atom stereocenters. The summed E-state index contributed by atoms with van der Waals surface area (Å²) in [5.41, 5.74) is 1.16. The second-order valence-electron chi connectivity index (χ2n) is 8.59. The van der Waals surface area contributed by atoms with Gasteiger partial charge in [-0.25, -0.2) is 0 Å². The lowest BCUT2D eigenvalue weighted by atomic mass is 10.1. The highest BCUT2D eigenvalue weighted by Gasteiger charge is 2.18. The van der Waals surface area contributed by atoms with Crippen LogP contribution in [0.5, 0.6) is 11.5 Å². The molecule has 2 saturated heterocycles. The first-order chi connectivity index (χ1) is 14.1. The van der Waals surface area contributed by atoms with E-state index in [4.69, 9.17) is 9.47 Å². The van der Waals surface area contributed by atoms with Crippen molar-refractivity contribution in [2.45, 2.75) is 44.8 Å². The molecule has 6 nitrogen and oxygen atoms in total. The van der Waals surface area contributed by atoms with Gasteiger partial charge in [-0.05, 0) is 39.0 Å². The Morgan fingerprint density at radius 3 is 2.31 bits per heavy atom. The Hall–Kier alpha value is -1.34. The van der Waals surface area contributed by atoms with E-state index in [0.717, 1.165) is 62.9 Å². The summed E-state index contributed by atoms with van der Waals surface area (Å²) in [6, 6.07) is 6.04. The molecule has 1 aromatic rings. The van der Waals surface area contributed by atoms with E-state index in [-0.39, 0.29) is 0 Å². The minimum absolute atomic E-state index is 0.319. The molecule has 1 N–H and O–H groups in total. The molecule has 0 aliphatic carbocycles. The average Bonchev–Trinajstić information content (AvgIpc) is 2.71. The third-order valence-electron chi connectivity index (χ3n) is 6.11. The van der Waals surface area contributed by atoms with Crippen LogP contribution < -0.4 is 9.47 Å². The van der Waals surface area contributed by atoms with Crippen molar-refractivity contribution in [2.75, 3.05) is 66.6 Å². The number of rotatable bonds is 8. The van der Waals surface area contributed by atoms with Crippen LogP contribution in [0.3, 0.4) is 0 Å². The van der Waals surface area contributed by atoms with E-state index in [1.165, 1.54) is 32.1 Å². The van der Waals surface area contributed by atoms with Crippen LogP contribution in [0.4, 0.5) is 0 Å². The summed E-state index contributed by atoms with van der Waals surface area (Å²) in [4.78, 5) is 7.22. The predicted octanol–water partition coefficient (Wildman–Crippen LogP) is 2.45. The standard InChI is InChI=1S/C23H39N3O3/c1-24-12-14-26(15-13-24)17-20-8-9-22(28-2)16-23(20)29-19-21(27)18-25-10-6-4-3-5-7-11-25/h8-9,16,21,27H,3-7,10-15,17-19H2,1-2H3. The van der Waals surface area contributed by atoms with Crippen molar-refractivity contribution in [3.05, 3.63) is 23.8 Å². The molecule has 2 fully saturated rings. The number of methoxy groups -OCH3 is 1. The van der Waals surface area contributed by atoms with Gasteiger partial charge in [-0.1, -0.05) is 25.3 Å². The molecule has 2 aliphatic heterocycles. The van der Waals surface area contributed by atoms with Crippen LogP contribution in [0.2, 0.25) is 0 Å². The molecule has 6 heteroatoms. The molecule has 0 aromatic heterocycles. The lowest BCUT2D eigenvalue weighted by molar-refractivity contribution is 0.0644. The number of hydrogen-bond acceptors (Lipinski definition) is 6. The number of β-amino-alcohol motifs (C(OH)–C–C–N with tert-alkyl or cyclic N) is 1. The number of ether oxygens (including phenoxy) is 2. The average molecular weight is 406 g/mol. The van der Waals surface area contributed by atoms with Crippen LogP contribution in [0.25, 0.3) is 0 Å². The summed E-state index contributed by atoms with van der Waals surface area (Å²) < 4.78 is 11.5. The Morgan fingerprint density at radius 1 is 0.931 bits per heavy atom. The molecule has 0 saturated carbocycles. The molecule has 1 aromatic carbocycles. The number of hydrogen-bond donors (Lipinski definition) is 1. The Kier molecular flexibility index (Phi) is 9.05. The van der Waals surface area contributed by atoms with E-state index in [1.807, 2.05) is 12.1 Å². The molecule has 164 valence electrons. The minimum Gasteiger partial charge on any atom is -0.497 e. The number of benzene rings is 1. The van der Waals surface area contributed by atoms with Gasteiger partial charge < -0.3 is 24.4 Å². The van der Waals surface area contributed by atoms with Crippen molar-refractivity contribution >= 4 is 0 Å². The topological polar surface area (TPSA) is 48.4 Å². The van der Waals surface area contributed by atoms with Crippen molar-refractivity contribution in [2.24, 2.45) is 0 Å². The maximum atomic E-state index is 10.6. The fourth-order valence-corrected chi connectivity index (χ4v) is 4.21. The van der Waals surface area contributed by atoms with E-state index < -0.39 is 6.10 Å². The van der Waals surface area contributed by atoms with E-state index in [1.54, 1.807) is 7.11 Å². The van der Waals surface area contributed by atoms with Crippen molar-refractivity contribution in [1.82, 2.24) is 14.7 Å². The molecular weight excluding hydrogens is 366 g/mol. The Bertz CT molecular complexity index is 597. The first kappa shape index (κ1) is 22.3. The van der Waals surface area contributed by atoms with Gasteiger partial charge in [0.25, 0.3) is 0 Å². The van der Waals surface area contributed by atoms with Crippen molar-refractivity contribution in [1.29, 1.82) is 0 Å². The zero-order valence-corrected chi connectivity index (χ0v) is 18.3. The summed E-state index contributed by atoms with van der Waals surface area (Å²) >= 11 is 0. The van der Waals surface area contributed by atoms with Gasteiger partial charge in [0.05, 0.1) is 7.11 Å². The molecule has 0 radical (unpaired) electrons. The van der Waals surface area contributed by atoms with Gasteiger partial charge in [0.1, 0.15) is 24.2 Å². The molecule has 29 heavy (non-hydrogen) atoms. The van der Waals surface area contributed by atoms with Gasteiger partial charge in [-0.3, -0.25) is 4.90 Å². The smallest absolute Gasteiger partial charge is 0.127 e. The first-order valence-electron chi connectivity index (χ1n) is 11.2. The molecule has 3 rings (SSSR count). The highest BCUT2D eigenvalue weighted by Crippen LogP contribution is 2.26. The molecule has 0 spiro atoms. The van der Waals surface area contributed by atoms with Crippen molar-refractivity contribution in [3.63, 3.8) is 0 Å². The molecule has 0 bridgehead atoms. The number of likely N-dealkylation sites (N-methyl/N-ethyl adjacent to an activating group) is 1. The third-order valence-corrected chi connectivity index (χ3v) is 6.11. The number of nitrogens with zero attached hydrogens (tertiary/aromatic N) is 3. The fraction of sp³-hybridized carbons (Fsp3) is 0.739. The lowest BCUT2D eigenvalue weighted by Gasteiger charge is -2.32. The Labute approximate surface area is 176 Å². The summed E-state index contributed by atoms with van der Waals surface area (Å²) in [5.74, 6) is 1.62. The van der Waals surface area contributed by atoms with Gasteiger partial charge in [-0.2, -0.15) is 0 Å². The number of aliphatic hydroxyl groups is 1. The minimum atomic E-state index is -0.475. The quantitative estimate of drug-likeness (QED) is 0.717. The van der Waals surface area contributed by atoms with Crippen LogP contribution in [-0.2, 0) is 6.54 Å². The number of likely N-dealkylation sites (tertiary alicyclic amines) is 1. The SMILES string of the molecule is COc1ccc(CN2CCN(C)CC2)c(OCC(O)CN2CCCCCCC2)c1. The zero-order valence-electron chi connectivity index (χ0n) is 18.3. The maximum absolute atomic E-state index is 10.6. The van der Waals surface area contributed by atoms with Crippen LogP contribution in [0.1, 0.15) is 37.7 Å². The first-order valence-corrected chi connectivity index (χ1v) is 11.2. The molecule has 0 amide bonds. The summed E-state index contributed by atoms with van der Waals surface area (Å²) in [5, 5.41) is 10.6. The van der Waals surface area contributed by atoms with Gasteiger partial charge in [0.15, 0.2) is 0 Å². The fourth-order valence-electron chi connectivity index (χ4n) is 4.21. The van der Waals surface area contributed by atoms with Crippen LogP contribution in [0, 0.1) is 0 Å². The maximum Gasteiger partial charge on any atom is 0.127 e. The lowest BCUT2D eigenvalue weighted by Crippen LogP contribution is -2.43. The van der Waals surface area contributed by atoms with Gasteiger partial charge >= 0.3 is 0 Å². The van der Waals surface area contributed by atoms with Crippen molar-refractivity contribution < 1.29 is 14.6 Å². The molecule has 2 heterocycles. The summed E-state index contributed by atoms with van der Waals surface area (Å²) in [6.07, 6.45) is 5.96. The zero-order chi connectivity index (χ0) is 20.5. The van der Waals surface area contributed by atoms with E-state index in [9.17, 15) is 5.11 Å². The second-order valence-corrected chi connectivity index (χ2v) is 8.59. The number of aliphatic hydroxyl groups excluding tert-OH is 1. The number of piperazine rings is 1. The highest BCUT2D eigenvalue weighted by atomic mass is 16.5. The Morgan fingerprint density at radius 2 is 1.62 bits per heavy atom. The van der Waals surface area contributed by atoms with Crippen LogP contribution in [-0.4, -0.2) is 92.5 Å². The van der Waals surface area contributed by atoms with Gasteiger partial charge in [-0.15, -0.1) is 0 Å². The largest absolute Gasteiger partial charge is 0.497 e. The van der Waals surface area contributed by atoms with E-state index in [2.05, 4.69) is 27.8 Å². The van der Waals surface area contributed by atoms with Crippen LogP contribution >= 0.6 is 0 Å².